The van der Waals surface area contributed by atoms with Crippen molar-refractivity contribution in [2.24, 2.45) is 0 Å². The fourth-order valence-electron chi connectivity index (χ4n) is 3.07. The predicted octanol–water partition coefficient (Wildman–Crippen LogP) is 2.18. The number of nitrogens with one attached hydrogen (secondary N) is 1. The Morgan fingerprint density at radius 3 is 2.66 bits per heavy atom. The fourth-order valence-corrected chi connectivity index (χ4v) is 3.07. The Hall–Kier alpha value is -3.68. The first-order valence-corrected chi connectivity index (χ1v) is 9.03. The largest absolute Gasteiger partial charge is 0.481 e. The lowest BCUT2D eigenvalue weighted by atomic mass is 10.1. The Kier molecular flexibility index (Phi) is 6.23. The minimum atomic E-state index is -0.746. The predicted molar refractivity (Wildman–Crippen MR) is 105 cm³/mol. The number of fused-ring (bicyclic) bond motifs is 1. The molecule has 0 bridgehead atoms. The van der Waals surface area contributed by atoms with Gasteiger partial charge < -0.3 is 19.7 Å². The van der Waals surface area contributed by atoms with E-state index in [4.69, 9.17) is 9.47 Å². The van der Waals surface area contributed by atoms with Crippen molar-refractivity contribution in [1.29, 1.82) is 0 Å². The monoisotopic (exact) mass is 396 g/mol. The summed E-state index contributed by atoms with van der Waals surface area (Å²) in [6, 6.07) is 13.0. The van der Waals surface area contributed by atoms with E-state index >= 15 is 0 Å². The SMILES string of the molecule is C[C@@H]1CC(=O)Nc2ccccc2N1C(=O)COC(=O)COc1ccccc1C=O. The first-order chi connectivity index (χ1) is 14.0. The summed E-state index contributed by atoms with van der Waals surface area (Å²) in [7, 11) is 0. The van der Waals surface area contributed by atoms with Crippen LogP contribution in [0.3, 0.4) is 0 Å². The fraction of sp³-hybridized carbons (Fsp3) is 0.238. The molecular formula is C21H20N2O6. The molecule has 29 heavy (non-hydrogen) atoms. The summed E-state index contributed by atoms with van der Waals surface area (Å²) in [6.45, 7) is 0.815. The molecule has 8 heteroatoms. The average molecular weight is 396 g/mol. The Labute approximate surface area is 167 Å². The minimum absolute atomic E-state index is 0.125. The number of esters is 1. The number of hydrogen-bond acceptors (Lipinski definition) is 6. The Morgan fingerprint density at radius 2 is 1.86 bits per heavy atom. The number of ether oxygens (including phenoxy) is 2. The molecule has 0 aromatic heterocycles. The van der Waals surface area contributed by atoms with E-state index in [9.17, 15) is 19.2 Å². The van der Waals surface area contributed by atoms with Crippen LogP contribution in [0.4, 0.5) is 11.4 Å². The molecule has 2 aromatic rings. The zero-order chi connectivity index (χ0) is 20.8. The van der Waals surface area contributed by atoms with Gasteiger partial charge in [0, 0.05) is 12.5 Å². The number of benzene rings is 2. The van der Waals surface area contributed by atoms with E-state index in [1.807, 2.05) is 0 Å². The van der Waals surface area contributed by atoms with Crippen LogP contribution in [-0.2, 0) is 19.1 Å². The zero-order valence-corrected chi connectivity index (χ0v) is 15.8. The van der Waals surface area contributed by atoms with E-state index in [1.165, 1.54) is 4.90 Å². The molecule has 1 aliphatic rings. The van der Waals surface area contributed by atoms with Gasteiger partial charge in [0.2, 0.25) is 5.91 Å². The first-order valence-electron chi connectivity index (χ1n) is 9.03. The van der Waals surface area contributed by atoms with Crippen molar-refractivity contribution < 1.29 is 28.7 Å². The highest BCUT2D eigenvalue weighted by Crippen LogP contribution is 2.31. The van der Waals surface area contributed by atoms with Gasteiger partial charge in [-0.2, -0.15) is 0 Å². The maximum absolute atomic E-state index is 12.7. The van der Waals surface area contributed by atoms with Crippen molar-refractivity contribution in [2.75, 3.05) is 23.4 Å². The third kappa shape index (κ3) is 4.78. The quantitative estimate of drug-likeness (QED) is 0.593. The molecule has 0 spiro atoms. The van der Waals surface area contributed by atoms with Gasteiger partial charge in [0.1, 0.15) is 5.75 Å². The van der Waals surface area contributed by atoms with E-state index in [0.717, 1.165) is 0 Å². The highest BCUT2D eigenvalue weighted by molar-refractivity contribution is 6.05. The zero-order valence-electron chi connectivity index (χ0n) is 15.8. The van der Waals surface area contributed by atoms with Crippen LogP contribution in [0.15, 0.2) is 48.5 Å². The van der Waals surface area contributed by atoms with Crippen LogP contribution in [0.5, 0.6) is 5.75 Å². The smallest absolute Gasteiger partial charge is 0.344 e. The van der Waals surface area contributed by atoms with E-state index in [2.05, 4.69) is 5.32 Å². The standard InChI is InChI=1S/C21H20N2O6/c1-14-10-19(25)22-16-7-3-4-8-17(16)23(14)20(26)12-29-21(27)13-28-18-9-5-2-6-15(18)11-24/h2-9,11,14H,10,12-13H2,1H3,(H,22,25)/t14-/m1/s1. The van der Waals surface area contributed by atoms with Crippen molar-refractivity contribution in [1.82, 2.24) is 0 Å². The van der Waals surface area contributed by atoms with Gasteiger partial charge in [0.25, 0.3) is 5.91 Å². The van der Waals surface area contributed by atoms with E-state index in [1.54, 1.807) is 55.5 Å². The molecule has 1 N–H and O–H groups in total. The van der Waals surface area contributed by atoms with Crippen LogP contribution in [0.2, 0.25) is 0 Å². The van der Waals surface area contributed by atoms with E-state index in [-0.39, 0.29) is 18.1 Å². The summed E-state index contributed by atoms with van der Waals surface area (Å²) in [5.74, 6) is -1.14. The second-order valence-electron chi connectivity index (χ2n) is 6.49. The number of aldehydes is 1. The third-order valence-corrected chi connectivity index (χ3v) is 4.38. The molecule has 1 aliphatic heterocycles. The van der Waals surface area contributed by atoms with Gasteiger partial charge in [-0.25, -0.2) is 4.79 Å². The normalized spacial score (nSPS) is 15.6. The van der Waals surface area contributed by atoms with Gasteiger partial charge in [-0.15, -0.1) is 0 Å². The van der Waals surface area contributed by atoms with Crippen LogP contribution in [0.25, 0.3) is 0 Å². The summed E-state index contributed by atoms with van der Waals surface area (Å²) in [6.07, 6.45) is 0.748. The summed E-state index contributed by atoms with van der Waals surface area (Å²) in [5.41, 5.74) is 1.38. The lowest BCUT2D eigenvalue weighted by Crippen LogP contribution is -2.41. The molecule has 0 radical (unpaired) electrons. The van der Waals surface area contributed by atoms with Crippen LogP contribution < -0.4 is 15.0 Å². The lowest BCUT2D eigenvalue weighted by Gasteiger charge is -2.27. The number of carbonyl (C=O) groups is 4. The maximum Gasteiger partial charge on any atom is 0.344 e. The number of amides is 2. The number of para-hydroxylation sites is 3. The topological polar surface area (TPSA) is 102 Å². The molecule has 0 saturated carbocycles. The van der Waals surface area contributed by atoms with Gasteiger partial charge in [-0.05, 0) is 31.2 Å². The third-order valence-electron chi connectivity index (χ3n) is 4.38. The Morgan fingerprint density at radius 1 is 1.14 bits per heavy atom. The van der Waals surface area contributed by atoms with Crippen LogP contribution in [0.1, 0.15) is 23.7 Å². The van der Waals surface area contributed by atoms with Crippen LogP contribution >= 0.6 is 0 Å². The molecule has 1 heterocycles. The Balaban J connectivity index is 1.62. The van der Waals surface area contributed by atoms with E-state index < -0.39 is 31.1 Å². The van der Waals surface area contributed by atoms with Crippen molar-refractivity contribution in [2.45, 2.75) is 19.4 Å². The number of nitrogens with zero attached hydrogens (tertiary/aromatic N) is 1. The van der Waals surface area contributed by atoms with E-state index in [0.29, 0.717) is 23.2 Å². The van der Waals surface area contributed by atoms with Crippen molar-refractivity contribution in [3.63, 3.8) is 0 Å². The Bertz CT molecular complexity index is 942. The number of hydrogen-bond donors (Lipinski definition) is 1. The van der Waals surface area contributed by atoms with Crippen molar-refractivity contribution in [3.05, 3.63) is 54.1 Å². The summed E-state index contributed by atoms with van der Waals surface area (Å²) >= 11 is 0. The summed E-state index contributed by atoms with van der Waals surface area (Å²) in [5, 5.41) is 2.76. The maximum atomic E-state index is 12.7. The highest BCUT2D eigenvalue weighted by Gasteiger charge is 2.30. The van der Waals surface area contributed by atoms with Gasteiger partial charge in [-0.3, -0.25) is 14.4 Å². The van der Waals surface area contributed by atoms with Crippen molar-refractivity contribution in [3.8, 4) is 5.75 Å². The molecule has 3 rings (SSSR count). The molecule has 8 nitrogen and oxygen atoms in total. The molecule has 0 aliphatic carbocycles. The highest BCUT2D eigenvalue weighted by atomic mass is 16.6. The van der Waals surface area contributed by atoms with Crippen LogP contribution in [-0.4, -0.2) is 43.3 Å². The van der Waals surface area contributed by atoms with Gasteiger partial charge in [0.05, 0.1) is 16.9 Å². The number of rotatable bonds is 6. The molecular weight excluding hydrogens is 376 g/mol. The van der Waals surface area contributed by atoms with Crippen LogP contribution in [0, 0.1) is 0 Å². The lowest BCUT2D eigenvalue weighted by molar-refractivity contribution is -0.150. The molecule has 150 valence electrons. The molecule has 1 atom stereocenters. The van der Waals surface area contributed by atoms with Gasteiger partial charge in [-0.1, -0.05) is 24.3 Å². The summed E-state index contributed by atoms with van der Waals surface area (Å²) in [4.78, 5) is 49.1. The second kappa shape index (κ2) is 9.01. The minimum Gasteiger partial charge on any atom is -0.481 e. The molecule has 0 saturated heterocycles. The molecule has 2 aromatic carbocycles. The molecule has 2 amide bonds. The molecule has 0 unspecified atom stereocenters. The first kappa shape index (κ1) is 20.1. The molecule has 0 fully saturated rings. The van der Waals surface area contributed by atoms with Gasteiger partial charge in [0.15, 0.2) is 19.5 Å². The van der Waals surface area contributed by atoms with Crippen molar-refractivity contribution >= 4 is 35.4 Å². The summed E-state index contributed by atoms with van der Waals surface area (Å²) < 4.78 is 10.3. The number of carbonyl (C=O) groups excluding carboxylic acids is 4. The number of anilines is 2. The second-order valence-corrected chi connectivity index (χ2v) is 6.49. The average Bonchev–Trinajstić information content (AvgIpc) is 2.84. The van der Waals surface area contributed by atoms with Gasteiger partial charge >= 0.3 is 5.97 Å².